The van der Waals surface area contributed by atoms with E-state index < -0.39 is 5.91 Å². The lowest BCUT2D eigenvalue weighted by atomic mass is 9.89. The molecule has 0 bridgehead atoms. The van der Waals surface area contributed by atoms with Crippen molar-refractivity contribution in [1.82, 2.24) is 24.9 Å². The predicted octanol–water partition coefficient (Wildman–Crippen LogP) is 2.34. The molecule has 1 aliphatic carbocycles. The van der Waals surface area contributed by atoms with Gasteiger partial charge in [0.25, 0.3) is 5.91 Å². The van der Waals surface area contributed by atoms with E-state index >= 15 is 0 Å². The number of nitrogens with one attached hydrogen (secondary N) is 1. The number of nitrogens with zero attached hydrogens (tertiary/aromatic N) is 6. The molecule has 1 atom stereocenters. The molecule has 0 spiro atoms. The van der Waals surface area contributed by atoms with Gasteiger partial charge in [-0.25, -0.2) is 15.0 Å². The second-order valence-electron chi connectivity index (χ2n) is 11.0. The summed E-state index contributed by atoms with van der Waals surface area (Å²) in [7, 11) is 3.70. The van der Waals surface area contributed by atoms with Crippen LogP contribution in [-0.2, 0) is 9.59 Å². The third-order valence-corrected chi connectivity index (χ3v) is 8.04. The summed E-state index contributed by atoms with van der Waals surface area (Å²) in [5.74, 6) is 1.31. The molecule has 11 nitrogen and oxygen atoms in total. The summed E-state index contributed by atoms with van der Waals surface area (Å²) in [4.78, 5) is 49.3. The van der Waals surface area contributed by atoms with Crippen LogP contribution >= 0.6 is 0 Å². The van der Waals surface area contributed by atoms with Crippen molar-refractivity contribution in [3.8, 4) is 0 Å². The van der Waals surface area contributed by atoms with Crippen molar-refractivity contribution in [3.63, 3.8) is 0 Å². The number of hydrogen-bond acceptors (Lipinski definition) is 8. The number of carbonyl (C=O) groups is 3. The van der Waals surface area contributed by atoms with Gasteiger partial charge in [0.15, 0.2) is 11.5 Å². The summed E-state index contributed by atoms with van der Waals surface area (Å²) in [5.41, 5.74) is 7.72. The minimum absolute atomic E-state index is 0.0199. The van der Waals surface area contributed by atoms with Crippen molar-refractivity contribution in [2.45, 2.75) is 50.5 Å². The van der Waals surface area contributed by atoms with Gasteiger partial charge in [-0.3, -0.25) is 19.4 Å². The minimum Gasteiger partial charge on any atom is -0.364 e. The van der Waals surface area contributed by atoms with Crippen LogP contribution in [0.5, 0.6) is 0 Å². The molecule has 0 radical (unpaired) electrons. The van der Waals surface area contributed by atoms with E-state index in [4.69, 9.17) is 10.7 Å². The molecule has 1 aromatic heterocycles. The number of rotatable bonds is 9. The Bertz CT molecular complexity index is 1190. The summed E-state index contributed by atoms with van der Waals surface area (Å²) in [6, 6.07) is 8.17. The second kappa shape index (κ2) is 11.6. The highest BCUT2D eigenvalue weighted by Gasteiger charge is 2.35. The number of likely N-dealkylation sites (tertiary alicyclic amines) is 1. The van der Waals surface area contributed by atoms with E-state index in [1.54, 1.807) is 16.2 Å². The first-order valence-electron chi connectivity index (χ1n) is 13.8. The van der Waals surface area contributed by atoms with Crippen LogP contribution in [0.4, 0.5) is 17.3 Å². The molecule has 2 aromatic rings. The topological polar surface area (TPSA) is 128 Å². The van der Waals surface area contributed by atoms with Crippen LogP contribution in [0.3, 0.4) is 0 Å². The van der Waals surface area contributed by atoms with E-state index in [1.807, 2.05) is 31.1 Å². The van der Waals surface area contributed by atoms with E-state index in [0.29, 0.717) is 30.0 Å². The van der Waals surface area contributed by atoms with Gasteiger partial charge >= 0.3 is 0 Å². The van der Waals surface area contributed by atoms with Crippen molar-refractivity contribution in [2.75, 3.05) is 50.5 Å². The van der Waals surface area contributed by atoms with Crippen molar-refractivity contribution in [3.05, 3.63) is 41.7 Å². The first-order valence-corrected chi connectivity index (χ1v) is 13.8. The van der Waals surface area contributed by atoms with Gasteiger partial charge in [-0.2, -0.15) is 0 Å². The number of hydrazine groups is 1. The molecule has 0 unspecified atom stereocenters. The average Bonchev–Trinajstić information content (AvgIpc) is 3.79. The molecule has 3 amide bonds. The average molecular weight is 535 g/mol. The highest BCUT2D eigenvalue weighted by Crippen LogP contribution is 2.35. The fraction of sp³-hybridized carbons (Fsp3) is 0.536. The fourth-order valence-corrected chi connectivity index (χ4v) is 5.68. The van der Waals surface area contributed by atoms with Crippen LogP contribution in [0.25, 0.3) is 0 Å². The highest BCUT2D eigenvalue weighted by molar-refractivity contribution is 5.96. The fourth-order valence-electron chi connectivity index (χ4n) is 5.68. The number of aromatic nitrogens is 2. The van der Waals surface area contributed by atoms with Gasteiger partial charge in [0.1, 0.15) is 5.82 Å². The number of amides is 3. The highest BCUT2D eigenvalue weighted by atomic mass is 16.2. The maximum atomic E-state index is 12.4. The Labute approximate surface area is 229 Å². The number of benzene rings is 1. The molecule has 2 aliphatic heterocycles. The molecule has 3 aliphatic rings. The van der Waals surface area contributed by atoms with Crippen LogP contribution in [0, 0.1) is 5.92 Å². The smallest absolute Gasteiger partial charge is 0.271 e. The minimum atomic E-state index is -0.656. The van der Waals surface area contributed by atoms with E-state index in [2.05, 4.69) is 27.3 Å². The van der Waals surface area contributed by atoms with Crippen LogP contribution in [0.2, 0.25) is 0 Å². The lowest BCUT2D eigenvalue weighted by Gasteiger charge is -2.40. The van der Waals surface area contributed by atoms with Gasteiger partial charge in [0.05, 0.1) is 12.2 Å². The maximum Gasteiger partial charge on any atom is 0.271 e. The molecule has 3 fully saturated rings. The lowest BCUT2D eigenvalue weighted by molar-refractivity contribution is -0.135. The van der Waals surface area contributed by atoms with Crippen LogP contribution in [0.1, 0.15) is 60.5 Å². The molecule has 208 valence electrons. The molecule has 39 heavy (non-hydrogen) atoms. The van der Waals surface area contributed by atoms with Crippen LogP contribution in [-0.4, -0.2) is 89.4 Å². The maximum absolute atomic E-state index is 12.4. The zero-order valence-corrected chi connectivity index (χ0v) is 22.8. The SMILES string of the molecule is CN(C)N(C=O)[C@@H]1CCCN(c2cnc(C(N)=O)c(Nc3ccc(C4CCN(C(=O)C5CC5)CC4)cc3)n2)C1. The first kappa shape index (κ1) is 26.9. The van der Waals surface area contributed by atoms with Gasteiger partial charge < -0.3 is 20.9 Å². The van der Waals surface area contributed by atoms with Crippen molar-refractivity contribution in [1.29, 1.82) is 0 Å². The molecule has 2 saturated heterocycles. The van der Waals surface area contributed by atoms with E-state index in [9.17, 15) is 14.4 Å². The summed E-state index contributed by atoms with van der Waals surface area (Å²) in [5, 5.41) is 6.72. The van der Waals surface area contributed by atoms with Crippen molar-refractivity contribution in [2.24, 2.45) is 11.7 Å². The number of nitrogens with two attached hydrogens (primary N) is 1. The Morgan fingerprint density at radius 1 is 1.05 bits per heavy atom. The third-order valence-electron chi connectivity index (χ3n) is 8.04. The normalized spacial score (nSPS) is 20.1. The zero-order valence-electron chi connectivity index (χ0n) is 22.8. The Morgan fingerprint density at radius 2 is 1.77 bits per heavy atom. The van der Waals surface area contributed by atoms with Crippen molar-refractivity contribution < 1.29 is 14.4 Å². The largest absolute Gasteiger partial charge is 0.364 e. The van der Waals surface area contributed by atoms with Crippen molar-refractivity contribution >= 4 is 35.5 Å². The Hall–Kier alpha value is -3.73. The van der Waals surface area contributed by atoms with Crippen LogP contribution in [0.15, 0.2) is 30.5 Å². The lowest BCUT2D eigenvalue weighted by Crippen LogP contribution is -2.52. The molecule has 1 saturated carbocycles. The van der Waals surface area contributed by atoms with Gasteiger partial charge in [0.2, 0.25) is 12.3 Å². The molecular weight excluding hydrogens is 496 g/mol. The summed E-state index contributed by atoms with van der Waals surface area (Å²) in [6.07, 6.45) is 8.25. The van der Waals surface area contributed by atoms with Gasteiger partial charge in [-0.15, -0.1) is 0 Å². The molecule has 3 heterocycles. The summed E-state index contributed by atoms with van der Waals surface area (Å²) >= 11 is 0. The molecule has 11 heteroatoms. The van der Waals surface area contributed by atoms with E-state index in [0.717, 1.165) is 70.3 Å². The third kappa shape index (κ3) is 6.13. The quantitative estimate of drug-likeness (QED) is 0.371. The zero-order chi connectivity index (χ0) is 27.5. The number of piperidine rings is 2. The molecule has 1 aromatic carbocycles. The number of primary amides is 1. The monoisotopic (exact) mass is 534 g/mol. The molecule has 5 rings (SSSR count). The molecular formula is C28H38N8O3. The standard InChI is InChI=1S/C28H38N8O3/c1-33(2)36(18-37)23-4-3-13-35(17-23)24-16-30-25(26(29)38)27(32-24)31-22-9-7-19(8-10-22)20-11-14-34(15-12-20)28(39)21-5-6-21/h7-10,16,18,20-21,23H,3-6,11-15,17H2,1-2H3,(H2,29,38)(H,31,32)/t23-/m1/s1. The Balaban J connectivity index is 1.26. The Morgan fingerprint density at radius 3 is 2.38 bits per heavy atom. The number of hydrogen-bond donors (Lipinski definition) is 2. The summed E-state index contributed by atoms with van der Waals surface area (Å²) in [6.45, 7) is 3.03. The predicted molar refractivity (Wildman–Crippen MR) is 148 cm³/mol. The van der Waals surface area contributed by atoms with Gasteiger partial charge in [0, 0.05) is 51.9 Å². The summed E-state index contributed by atoms with van der Waals surface area (Å²) < 4.78 is 0. The number of anilines is 3. The number of carbonyl (C=O) groups excluding carboxylic acids is 3. The second-order valence-corrected chi connectivity index (χ2v) is 11.0. The molecule has 3 N–H and O–H groups in total. The van der Waals surface area contributed by atoms with Crippen LogP contribution < -0.4 is 16.0 Å². The van der Waals surface area contributed by atoms with E-state index in [1.165, 1.54) is 5.56 Å². The first-order chi connectivity index (χ1) is 18.8. The van der Waals surface area contributed by atoms with E-state index in [-0.39, 0.29) is 17.7 Å². The Kier molecular flexibility index (Phi) is 7.97. The van der Waals surface area contributed by atoms with Gasteiger partial charge in [-0.1, -0.05) is 12.1 Å². The van der Waals surface area contributed by atoms with Gasteiger partial charge in [-0.05, 0) is 62.1 Å².